The maximum Gasteiger partial charge on any atom is 0.326 e. The van der Waals surface area contributed by atoms with E-state index >= 15 is 0 Å². The van der Waals surface area contributed by atoms with Crippen LogP contribution < -0.4 is 20.3 Å². The molecule has 2 aromatic heterocycles. The molecule has 2 fully saturated rings. The fourth-order valence-electron chi connectivity index (χ4n) is 4.99. The van der Waals surface area contributed by atoms with Crippen LogP contribution in [0.5, 0.6) is 5.75 Å². The summed E-state index contributed by atoms with van der Waals surface area (Å²) < 4.78 is 7.27. The van der Waals surface area contributed by atoms with Gasteiger partial charge in [-0.05, 0) is 25.0 Å². The van der Waals surface area contributed by atoms with Crippen molar-refractivity contribution in [2.45, 2.75) is 37.0 Å². The molecule has 1 aliphatic heterocycles. The van der Waals surface area contributed by atoms with E-state index in [0.717, 1.165) is 25.7 Å². The summed E-state index contributed by atoms with van der Waals surface area (Å²) >= 11 is 0. The van der Waals surface area contributed by atoms with Crippen LogP contribution in [0.1, 0.15) is 36.2 Å². The third-order valence-electron chi connectivity index (χ3n) is 6.74. The van der Waals surface area contributed by atoms with Gasteiger partial charge in [-0.15, -0.1) is 10.2 Å². The molecule has 2 aliphatic rings. The Balaban J connectivity index is 1.51. The first-order chi connectivity index (χ1) is 18.6. The summed E-state index contributed by atoms with van der Waals surface area (Å²) in [5.74, 6) is 0.425. The van der Waals surface area contributed by atoms with Gasteiger partial charge in [0.2, 0.25) is 0 Å². The van der Waals surface area contributed by atoms with E-state index in [1.54, 1.807) is 41.2 Å². The Morgan fingerprint density at radius 1 is 1.13 bits per heavy atom. The number of carbonyl (C=O) groups is 2. The number of urea groups is 1. The van der Waals surface area contributed by atoms with Gasteiger partial charge in [0, 0.05) is 32.2 Å². The predicted octanol–water partition coefficient (Wildman–Crippen LogP) is 1.06. The smallest absolute Gasteiger partial charge is 0.326 e. The summed E-state index contributed by atoms with van der Waals surface area (Å²) in [5.41, 5.74) is 1.23. The lowest BCUT2D eigenvalue weighted by Crippen LogP contribution is -2.50. The molecule has 0 unspecified atom stereocenters. The number of para-hydroxylation sites is 1. The summed E-state index contributed by atoms with van der Waals surface area (Å²) in [6.45, 7) is 1.05. The molecule has 194 valence electrons. The lowest BCUT2D eigenvalue weighted by molar-refractivity contribution is 0.0947. The largest absolute Gasteiger partial charge is 0.494 e. The molecule has 0 atom stereocenters. The first kappa shape index (κ1) is 26.6. The van der Waals surface area contributed by atoms with Crippen LogP contribution in [0.25, 0.3) is 11.4 Å². The highest BCUT2D eigenvalue weighted by atomic mass is 16.5. The minimum Gasteiger partial charge on any atom is -0.494 e. The van der Waals surface area contributed by atoms with Crippen molar-refractivity contribution < 1.29 is 14.3 Å². The van der Waals surface area contributed by atoms with Crippen molar-refractivity contribution in [1.82, 2.24) is 35.2 Å². The molecule has 12 nitrogen and oxygen atoms in total. The second-order valence-electron chi connectivity index (χ2n) is 9.67. The van der Waals surface area contributed by atoms with Gasteiger partial charge in [0.15, 0.2) is 23.1 Å². The number of benzene rings is 1. The highest BCUT2D eigenvalue weighted by molar-refractivity contribution is 6.60. The zero-order valence-electron chi connectivity index (χ0n) is 21.8. The molecule has 0 bridgehead atoms. The van der Waals surface area contributed by atoms with Crippen molar-refractivity contribution in [3.63, 3.8) is 0 Å². The third-order valence-corrected chi connectivity index (χ3v) is 6.74. The van der Waals surface area contributed by atoms with E-state index in [2.05, 4.69) is 30.9 Å². The zero-order valence-corrected chi connectivity index (χ0v) is 21.8. The van der Waals surface area contributed by atoms with Gasteiger partial charge < -0.3 is 20.3 Å². The molecule has 3 aromatic rings. The number of hydrogen-bond acceptors (Lipinski definition) is 8. The lowest BCUT2D eigenvalue weighted by Gasteiger charge is -2.25. The number of nitrogens with zero attached hydrogens (tertiary/aromatic N) is 7. The Morgan fingerprint density at radius 3 is 2.56 bits per heavy atom. The molecule has 1 aromatic carbocycles. The SMILES string of the molecule is [B]C([B])([B])NC(=O)c1nnc(N2CCN(C3CCCC3)C2=O)cc1Nc1cccc(-c2ncn(C)n2)c1OC. The van der Waals surface area contributed by atoms with Gasteiger partial charge in [-0.1, -0.05) is 24.1 Å². The fraction of sp³-hybridized carbons (Fsp3) is 0.417. The van der Waals surface area contributed by atoms with E-state index in [4.69, 9.17) is 28.3 Å². The quantitative estimate of drug-likeness (QED) is 0.422. The first-order valence-corrected chi connectivity index (χ1v) is 12.6. The van der Waals surface area contributed by atoms with E-state index in [9.17, 15) is 9.59 Å². The molecule has 0 spiro atoms. The monoisotopic (exact) mass is 521 g/mol. The molecule has 1 aliphatic carbocycles. The van der Waals surface area contributed by atoms with Crippen LogP contribution in [-0.2, 0) is 7.05 Å². The number of rotatable bonds is 8. The van der Waals surface area contributed by atoms with E-state index < -0.39 is 11.1 Å². The van der Waals surface area contributed by atoms with E-state index in [0.29, 0.717) is 41.7 Å². The minimum atomic E-state index is -1.98. The van der Waals surface area contributed by atoms with Crippen molar-refractivity contribution in [2.75, 3.05) is 30.4 Å². The topological polar surface area (TPSA) is 130 Å². The first-order valence-electron chi connectivity index (χ1n) is 12.6. The molecule has 2 N–H and O–H groups in total. The van der Waals surface area contributed by atoms with Crippen molar-refractivity contribution in [1.29, 1.82) is 0 Å². The maximum atomic E-state index is 13.3. The Bertz CT molecular complexity index is 1390. The molecule has 15 heteroatoms. The van der Waals surface area contributed by atoms with Gasteiger partial charge in [0.25, 0.3) is 5.91 Å². The average Bonchev–Trinajstić information content (AvgIpc) is 3.64. The number of anilines is 3. The lowest BCUT2D eigenvalue weighted by atomic mass is 9.49. The van der Waals surface area contributed by atoms with Crippen LogP contribution in [0.3, 0.4) is 0 Å². The van der Waals surface area contributed by atoms with E-state index in [1.807, 2.05) is 11.0 Å². The third kappa shape index (κ3) is 5.57. The van der Waals surface area contributed by atoms with Gasteiger partial charge in [-0.25, -0.2) is 9.78 Å². The Kier molecular flexibility index (Phi) is 7.24. The van der Waals surface area contributed by atoms with Gasteiger partial charge in [-0.3, -0.25) is 14.4 Å². The van der Waals surface area contributed by atoms with Crippen LogP contribution >= 0.6 is 0 Å². The van der Waals surface area contributed by atoms with Crippen molar-refractivity contribution in [2.24, 2.45) is 7.05 Å². The number of methoxy groups -OCH3 is 1. The van der Waals surface area contributed by atoms with Crippen LogP contribution in [0.4, 0.5) is 22.0 Å². The number of hydrogen-bond donors (Lipinski definition) is 2. The number of aryl methyl sites for hydroxylation is 1. The van der Waals surface area contributed by atoms with Crippen molar-refractivity contribution >= 4 is 52.7 Å². The molecule has 1 saturated carbocycles. The molecular formula is C24H26B3N9O3. The number of aromatic nitrogens is 5. The molecule has 39 heavy (non-hydrogen) atoms. The van der Waals surface area contributed by atoms with E-state index in [1.165, 1.54) is 7.11 Å². The summed E-state index contributed by atoms with van der Waals surface area (Å²) in [7, 11) is 20.1. The normalized spacial score (nSPS) is 16.1. The average molecular weight is 521 g/mol. The van der Waals surface area contributed by atoms with Gasteiger partial charge >= 0.3 is 6.03 Å². The maximum absolute atomic E-state index is 13.3. The number of amides is 3. The second kappa shape index (κ2) is 10.6. The van der Waals surface area contributed by atoms with Crippen LogP contribution in [0, 0.1) is 0 Å². The number of carbonyl (C=O) groups excluding carboxylic acids is 2. The van der Waals surface area contributed by atoms with Gasteiger partial charge in [-0.2, -0.15) is 5.10 Å². The molecule has 6 radical (unpaired) electrons. The van der Waals surface area contributed by atoms with Crippen molar-refractivity contribution in [3.05, 3.63) is 36.3 Å². The van der Waals surface area contributed by atoms with Crippen LogP contribution in [0.15, 0.2) is 30.6 Å². The Morgan fingerprint density at radius 2 is 1.90 bits per heavy atom. The fourth-order valence-corrected chi connectivity index (χ4v) is 4.99. The zero-order chi connectivity index (χ0) is 27.7. The Labute approximate surface area is 230 Å². The Hall–Kier alpha value is -4.03. The van der Waals surface area contributed by atoms with Crippen LogP contribution in [0.2, 0.25) is 0 Å². The predicted molar refractivity (Wildman–Crippen MR) is 147 cm³/mol. The number of ether oxygens (including phenoxy) is 1. The summed E-state index contributed by atoms with van der Waals surface area (Å²) in [5, 5.41) is 16.2. The summed E-state index contributed by atoms with van der Waals surface area (Å²) in [6, 6.07) is 7.04. The highest BCUT2D eigenvalue weighted by Crippen LogP contribution is 2.37. The second-order valence-corrected chi connectivity index (χ2v) is 9.67. The molecule has 1 saturated heterocycles. The molecular weight excluding hydrogens is 495 g/mol. The van der Waals surface area contributed by atoms with E-state index in [-0.39, 0.29) is 23.5 Å². The molecule has 3 heterocycles. The van der Waals surface area contributed by atoms with Gasteiger partial charge in [0.1, 0.15) is 6.33 Å². The van der Waals surface area contributed by atoms with Crippen molar-refractivity contribution in [3.8, 4) is 17.1 Å². The standard InChI is InChI=1S/C24H26B3N9O3/c1-34-13-28-21(33-34)15-8-5-9-16(20(15)39-2)29-17-12-18(31-32-19(17)22(37)30-24(25,26)27)36-11-10-35(23(36)38)14-6-3-4-7-14/h5,8-9,12-14H,3-4,6-7,10-11H2,1-2H3,(H,29,31)(H,30,37). The molecule has 5 rings (SSSR count). The number of nitrogens with one attached hydrogen (secondary N) is 2. The highest BCUT2D eigenvalue weighted by Gasteiger charge is 2.37. The minimum absolute atomic E-state index is 0.132. The van der Waals surface area contributed by atoms with Gasteiger partial charge in [0.05, 0.1) is 47.6 Å². The summed E-state index contributed by atoms with van der Waals surface area (Å²) in [4.78, 5) is 34.0. The van der Waals surface area contributed by atoms with Crippen LogP contribution in [-0.4, -0.2) is 96.8 Å². The molecule has 3 amide bonds. The summed E-state index contributed by atoms with van der Waals surface area (Å²) in [6.07, 6.45) is 5.81.